The highest BCUT2D eigenvalue weighted by Crippen LogP contribution is 2.24. The van der Waals surface area contributed by atoms with Crippen LogP contribution in [0, 0.1) is 0 Å². The average molecular weight is 225 g/mol. The predicted molar refractivity (Wildman–Crippen MR) is 55.9 cm³/mol. The Kier molecular flexibility index (Phi) is 2.36. The van der Waals surface area contributed by atoms with Crippen LogP contribution in [0.2, 0.25) is 5.22 Å². The minimum atomic E-state index is -0.0334. The molecular formula is C10H9ClN2O2. The molecule has 0 aliphatic heterocycles. The van der Waals surface area contributed by atoms with Crippen LogP contribution in [0.3, 0.4) is 0 Å². The molecule has 2 aromatic heterocycles. The number of aryl methyl sites for hydroxylation is 1. The number of halogens is 1. The normalized spacial score (nSPS) is 10.6. The molecule has 0 aromatic carbocycles. The Bertz CT molecular complexity index is 513. The molecule has 5 heteroatoms. The van der Waals surface area contributed by atoms with E-state index in [1.54, 1.807) is 25.2 Å². The van der Waals surface area contributed by atoms with Crippen molar-refractivity contribution in [2.75, 3.05) is 0 Å². The van der Waals surface area contributed by atoms with Crippen LogP contribution in [0.15, 0.2) is 22.6 Å². The van der Waals surface area contributed by atoms with Crippen molar-refractivity contribution in [1.29, 1.82) is 0 Å². The average Bonchev–Trinajstić information content (AvgIpc) is 2.71. The Hall–Kier alpha value is -1.55. The van der Waals surface area contributed by atoms with Crippen LogP contribution in [0.1, 0.15) is 17.4 Å². The number of Topliss-reactive ketones (excluding diaryl/α,β-unsaturated/α-hetero) is 1. The molecule has 15 heavy (non-hydrogen) atoms. The van der Waals surface area contributed by atoms with Gasteiger partial charge in [-0.15, -0.1) is 0 Å². The fourth-order valence-corrected chi connectivity index (χ4v) is 1.52. The summed E-state index contributed by atoms with van der Waals surface area (Å²) in [6.07, 6.45) is 0. The van der Waals surface area contributed by atoms with Gasteiger partial charge in [-0.1, -0.05) is 0 Å². The van der Waals surface area contributed by atoms with E-state index in [1.165, 1.54) is 11.6 Å². The Balaban J connectivity index is 2.46. The molecule has 0 aliphatic rings. The van der Waals surface area contributed by atoms with Crippen LogP contribution in [-0.2, 0) is 7.05 Å². The summed E-state index contributed by atoms with van der Waals surface area (Å²) >= 11 is 5.65. The molecule has 78 valence electrons. The molecule has 0 spiro atoms. The summed E-state index contributed by atoms with van der Waals surface area (Å²) in [7, 11) is 1.71. The second-order valence-electron chi connectivity index (χ2n) is 3.20. The van der Waals surface area contributed by atoms with Gasteiger partial charge in [0.05, 0.1) is 0 Å². The first kappa shape index (κ1) is 9.98. The molecule has 0 unspecified atom stereocenters. The maximum absolute atomic E-state index is 11.2. The van der Waals surface area contributed by atoms with Gasteiger partial charge in [0.1, 0.15) is 11.4 Å². The Morgan fingerprint density at radius 3 is 2.73 bits per heavy atom. The van der Waals surface area contributed by atoms with E-state index in [4.69, 9.17) is 16.0 Å². The van der Waals surface area contributed by atoms with Crippen molar-refractivity contribution in [2.24, 2.45) is 7.05 Å². The minimum absolute atomic E-state index is 0.0334. The smallest absolute Gasteiger partial charge is 0.194 e. The van der Waals surface area contributed by atoms with Gasteiger partial charge in [0.25, 0.3) is 0 Å². The van der Waals surface area contributed by atoms with Gasteiger partial charge >= 0.3 is 0 Å². The summed E-state index contributed by atoms with van der Waals surface area (Å²) in [4.78, 5) is 11.2. The van der Waals surface area contributed by atoms with Gasteiger partial charge in [-0.2, -0.15) is 5.10 Å². The molecule has 0 saturated carbocycles. The topological polar surface area (TPSA) is 48.0 Å². The molecular weight excluding hydrogens is 216 g/mol. The van der Waals surface area contributed by atoms with Crippen molar-refractivity contribution in [2.45, 2.75) is 6.92 Å². The largest absolute Gasteiger partial charge is 0.443 e. The summed E-state index contributed by atoms with van der Waals surface area (Å²) in [5.74, 6) is 0.525. The Morgan fingerprint density at radius 2 is 2.27 bits per heavy atom. The number of hydrogen-bond donors (Lipinski definition) is 0. The lowest BCUT2D eigenvalue weighted by Crippen LogP contribution is -2.02. The van der Waals surface area contributed by atoms with Crippen molar-refractivity contribution in [3.05, 3.63) is 29.1 Å². The van der Waals surface area contributed by atoms with Gasteiger partial charge in [0.15, 0.2) is 16.8 Å². The molecule has 2 rings (SSSR count). The maximum atomic E-state index is 11.2. The van der Waals surface area contributed by atoms with Gasteiger partial charge in [0.2, 0.25) is 0 Å². The van der Waals surface area contributed by atoms with Gasteiger partial charge in [-0.25, -0.2) is 0 Å². The lowest BCUT2D eigenvalue weighted by molar-refractivity contribution is 0.100. The first-order valence-electron chi connectivity index (χ1n) is 4.38. The van der Waals surface area contributed by atoms with Crippen LogP contribution in [0.4, 0.5) is 0 Å². The van der Waals surface area contributed by atoms with Gasteiger partial charge < -0.3 is 4.42 Å². The zero-order valence-electron chi connectivity index (χ0n) is 8.32. The van der Waals surface area contributed by atoms with E-state index >= 15 is 0 Å². The molecule has 4 nitrogen and oxygen atoms in total. The number of rotatable bonds is 2. The summed E-state index contributed by atoms with van der Waals surface area (Å²) in [6, 6.07) is 5.03. The summed E-state index contributed by atoms with van der Waals surface area (Å²) in [6.45, 7) is 1.50. The van der Waals surface area contributed by atoms with E-state index in [0.29, 0.717) is 22.4 Å². The van der Waals surface area contributed by atoms with E-state index in [9.17, 15) is 4.79 Å². The maximum Gasteiger partial charge on any atom is 0.194 e. The first-order chi connectivity index (χ1) is 7.08. The van der Waals surface area contributed by atoms with E-state index in [0.717, 1.165) is 0 Å². The van der Waals surface area contributed by atoms with Crippen LogP contribution in [0.25, 0.3) is 11.5 Å². The number of nitrogens with zero attached hydrogens (tertiary/aromatic N) is 2. The van der Waals surface area contributed by atoms with Crippen LogP contribution in [-0.4, -0.2) is 15.6 Å². The molecule has 0 N–H and O–H groups in total. The van der Waals surface area contributed by atoms with Crippen molar-refractivity contribution in [1.82, 2.24) is 9.78 Å². The minimum Gasteiger partial charge on any atom is -0.443 e. The molecule has 0 amide bonds. The molecule has 0 aliphatic carbocycles. The van der Waals surface area contributed by atoms with Gasteiger partial charge in [-0.05, 0) is 29.8 Å². The SMILES string of the molecule is CC(=O)c1cc(-c2ccc(Cl)o2)nn1C. The highest BCUT2D eigenvalue weighted by atomic mass is 35.5. The first-order valence-corrected chi connectivity index (χ1v) is 4.76. The second-order valence-corrected chi connectivity index (χ2v) is 3.57. The summed E-state index contributed by atoms with van der Waals surface area (Å²) < 4.78 is 6.72. The van der Waals surface area contributed by atoms with E-state index < -0.39 is 0 Å². The predicted octanol–water partition coefficient (Wildman–Crippen LogP) is 2.54. The van der Waals surface area contributed by atoms with E-state index in [-0.39, 0.29) is 5.78 Å². The third-order valence-corrected chi connectivity index (χ3v) is 2.27. The number of hydrogen-bond acceptors (Lipinski definition) is 3. The molecule has 2 aromatic rings. The molecule has 0 radical (unpaired) electrons. The molecule has 0 saturated heterocycles. The zero-order valence-corrected chi connectivity index (χ0v) is 9.08. The van der Waals surface area contributed by atoms with Crippen molar-refractivity contribution in [3.8, 4) is 11.5 Å². The van der Waals surface area contributed by atoms with Crippen molar-refractivity contribution < 1.29 is 9.21 Å². The van der Waals surface area contributed by atoms with E-state index in [2.05, 4.69) is 5.10 Å². The van der Waals surface area contributed by atoms with E-state index in [1.807, 2.05) is 0 Å². The fraction of sp³-hybridized carbons (Fsp3) is 0.200. The third-order valence-electron chi connectivity index (χ3n) is 2.07. The molecule has 0 bridgehead atoms. The number of carbonyl (C=O) groups is 1. The molecule has 2 heterocycles. The van der Waals surface area contributed by atoms with Crippen LogP contribution in [0.5, 0.6) is 0 Å². The second kappa shape index (κ2) is 3.55. The molecule has 0 atom stereocenters. The van der Waals surface area contributed by atoms with Crippen LogP contribution >= 0.6 is 11.6 Å². The van der Waals surface area contributed by atoms with Crippen molar-refractivity contribution >= 4 is 17.4 Å². The lowest BCUT2D eigenvalue weighted by atomic mass is 10.2. The van der Waals surface area contributed by atoms with Crippen molar-refractivity contribution in [3.63, 3.8) is 0 Å². The monoisotopic (exact) mass is 224 g/mol. The number of ketones is 1. The summed E-state index contributed by atoms with van der Waals surface area (Å²) in [5, 5.41) is 4.46. The van der Waals surface area contributed by atoms with Crippen LogP contribution < -0.4 is 0 Å². The Labute approximate surface area is 91.4 Å². The highest BCUT2D eigenvalue weighted by molar-refractivity contribution is 6.28. The third kappa shape index (κ3) is 1.80. The standard InChI is InChI=1S/C10H9ClN2O2/c1-6(14)8-5-7(12-13(8)2)9-3-4-10(11)15-9/h3-5H,1-2H3. The summed E-state index contributed by atoms with van der Waals surface area (Å²) in [5.41, 5.74) is 1.15. The number of aromatic nitrogens is 2. The Morgan fingerprint density at radius 1 is 1.53 bits per heavy atom. The quantitative estimate of drug-likeness (QED) is 0.737. The number of furan rings is 1. The molecule has 0 fully saturated rings. The zero-order chi connectivity index (χ0) is 11.0. The fourth-order valence-electron chi connectivity index (χ4n) is 1.37. The van der Waals surface area contributed by atoms with Gasteiger partial charge in [0, 0.05) is 14.0 Å². The van der Waals surface area contributed by atoms with Gasteiger partial charge in [-0.3, -0.25) is 9.48 Å². The highest BCUT2D eigenvalue weighted by Gasteiger charge is 2.12. The lowest BCUT2D eigenvalue weighted by Gasteiger charge is -1.92. The number of carbonyl (C=O) groups excluding carboxylic acids is 1.